The van der Waals surface area contributed by atoms with Crippen molar-refractivity contribution in [2.45, 2.75) is 6.42 Å². The van der Waals surface area contributed by atoms with Crippen LogP contribution in [0, 0.1) is 0 Å². The fourth-order valence-electron chi connectivity index (χ4n) is 0.921. The van der Waals surface area contributed by atoms with Crippen molar-refractivity contribution in [3.63, 3.8) is 0 Å². The van der Waals surface area contributed by atoms with Gasteiger partial charge in [-0.3, -0.25) is 0 Å². The third kappa shape index (κ3) is 3.39. The molecule has 1 rings (SSSR count). The number of hydrogen-bond donors (Lipinski definition) is 0. The van der Waals surface area contributed by atoms with E-state index in [1.165, 1.54) is 0 Å². The molecule has 0 aromatic heterocycles. The molecule has 0 amide bonds. The zero-order valence-electron chi connectivity index (χ0n) is 7.32. The van der Waals surface area contributed by atoms with E-state index < -0.39 is 0 Å². The number of allylic oxidation sites excluding steroid dienone is 5. The summed E-state index contributed by atoms with van der Waals surface area (Å²) in [5, 5.41) is 0. The summed E-state index contributed by atoms with van der Waals surface area (Å²) >= 11 is 0. The summed E-state index contributed by atoms with van der Waals surface area (Å²) < 4.78 is 10.3. The number of rotatable bonds is 4. The molecule has 0 radical (unpaired) electrons. The number of methoxy groups -OCH3 is 1. The van der Waals surface area contributed by atoms with Crippen molar-refractivity contribution in [3.05, 3.63) is 36.1 Å². The summed E-state index contributed by atoms with van der Waals surface area (Å²) in [4.78, 5) is 0. The van der Waals surface area contributed by atoms with E-state index in [0.717, 1.165) is 12.2 Å². The molecule has 1 aliphatic carbocycles. The molecule has 0 heterocycles. The fraction of sp³-hybridized carbons (Fsp3) is 0.400. The van der Waals surface area contributed by atoms with Gasteiger partial charge in [0.1, 0.15) is 6.61 Å². The summed E-state index contributed by atoms with van der Waals surface area (Å²) in [6, 6.07) is 0. The van der Waals surface area contributed by atoms with Crippen LogP contribution in [-0.2, 0) is 9.47 Å². The Bertz CT molecular complexity index is 202. The van der Waals surface area contributed by atoms with Gasteiger partial charge in [-0.15, -0.1) is 0 Å². The third-order valence-corrected chi connectivity index (χ3v) is 1.53. The number of hydrogen-bond acceptors (Lipinski definition) is 2. The molecule has 0 fully saturated rings. The summed E-state index contributed by atoms with van der Waals surface area (Å²) in [6.45, 7) is 1.27. The van der Waals surface area contributed by atoms with Crippen LogP contribution >= 0.6 is 0 Å². The van der Waals surface area contributed by atoms with Gasteiger partial charge in [-0.2, -0.15) is 0 Å². The molecule has 0 saturated heterocycles. The average molecular weight is 166 g/mol. The summed E-state index contributed by atoms with van der Waals surface area (Å²) in [5.41, 5.74) is 0. The third-order valence-electron chi connectivity index (χ3n) is 1.53. The van der Waals surface area contributed by atoms with Crippen molar-refractivity contribution in [1.29, 1.82) is 0 Å². The van der Waals surface area contributed by atoms with Crippen LogP contribution in [0.4, 0.5) is 0 Å². The first kappa shape index (κ1) is 9.07. The van der Waals surface area contributed by atoms with Crippen molar-refractivity contribution >= 4 is 0 Å². The largest absolute Gasteiger partial charge is 0.495 e. The van der Waals surface area contributed by atoms with Gasteiger partial charge in [0.05, 0.1) is 12.4 Å². The van der Waals surface area contributed by atoms with Crippen LogP contribution in [0.3, 0.4) is 0 Å². The van der Waals surface area contributed by atoms with Gasteiger partial charge < -0.3 is 9.47 Å². The van der Waals surface area contributed by atoms with Crippen molar-refractivity contribution in [1.82, 2.24) is 0 Å². The molecular weight excluding hydrogens is 152 g/mol. The van der Waals surface area contributed by atoms with Gasteiger partial charge in [0.15, 0.2) is 0 Å². The average Bonchev–Trinajstić information content (AvgIpc) is 2.33. The van der Waals surface area contributed by atoms with Gasteiger partial charge in [0.2, 0.25) is 0 Å². The summed E-state index contributed by atoms with van der Waals surface area (Å²) in [6.07, 6.45) is 10.9. The van der Waals surface area contributed by atoms with Crippen LogP contribution in [0.5, 0.6) is 0 Å². The molecule has 0 N–H and O–H groups in total. The highest BCUT2D eigenvalue weighted by molar-refractivity contribution is 5.19. The van der Waals surface area contributed by atoms with E-state index in [0.29, 0.717) is 13.2 Å². The van der Waals surface area contributed by atoms with Gasteiger partial charge in [-0.25, -0.2) is 0 Å². The van der Waals surface area contributed by atoms with Crippen molar-refractivity contribution in [2.24, 2.45) is 0 Å². The lowest BCUT2D eigenvalue weighted by Crippen LogP contribution is -2.01. The maximum absolute atomic E-state index is 5.44. The normalized spacial score (nSPS) is 15.6. The lowest BCUT2D eigenvalue weighted by Gasteiger charge is -2.06. The van der Waals surface area contributed by atoms with Gasteiger partial charge in [-0.1, -0.05) is 24.3 Å². The topological polar surface area (TPSA) is 18.5 Å². The first-order valence-corrected chi connectivity index (χ1v) is 4.07. The van der Waals surface area contributed by atoms with E-state index in [1.54, 1.807) is 7.11 Å². The Hall–Kier alpha value is -1.02. The molecule has 66 valence electrons. The molecule has 0 aromatic rings. The van der Waals surface area contributed by atoms with Gasteiger partial charge in [0.25, 0.3) is 0 Å². The molecule has 2 nitrogen and oxygen atoms in total. The van der Waals surface area contributed by atoms with E-state index >= 15 is 0 Å². The smallest absolute Gasteiger partial charge is 0.111 e. The SMILES string of the molecule is COCCOC1=CC=CC=CC1. The second-order valence-electron chi connectivity index (χ2n) is 2.49. The van der Waals surface area contributed by atoms with E-state index in [2.05, 4.69) is 6.08 Å². The zero-order valence-corrected chi connectivity index (χ0v) is 7.32. The Morgan fingerprint density at radius 2 is 2.17 bits per heavy atom. The first-order valence-electron chi connectivity index (χ1n) is 4.07. The molecule has 2 heteroatoms. The molecule has 1 aliphatic rings. The second kappa shape index (κ2) is 5.61. The lowest BCUT2D eigenvalue weighted by molar-refractivity contribution is 0.108. The molecule has 0 unspecified atom stereocenters. The Kier molecular flexibility index (Phi) is 4.24. The van der Waals surface area contributed by atoms with E-state index in [1.807, 2.05) is 24.3 Å². The van der Waals surface area contributed by atoms with Crippen LogP contribution in [-0.4, -0.2) is 20.3 Å². The minimum Gasteiger partial charge on any atom is -0.495 e. The van der Waals surface area contributed by atoms with Crippen LogP contribution in [0.15, 0.2) is 36.1 Å². The van der Waals surface area contributed by atoms with Crippen LogP contribution < -0.4 is 0 Å². The minimum absolute atomic E-state index is 0.629. The molecule has 0 saturated carbocycles. The number of ether oxygens (including phenoxy) is 2. The van der Waals surface area contributed by atoms with E-state index in [9.17, 15) is 0 Å². The lowest BCUT2D eigenvalue weighted by atomic mass is 10.3. The Morgan fingerprint density at radius 3 is 3.00 bits per heavy atom. The molecular formula is C10H14O2. The van der Waals surface area contributed by atoms with E-state index in [4.69, 9.17) is 9.47 Å². The molecule has 0 bridgehead atoms. The second-order valence-corrected chi connectivity index (χ2v) is 2.49. The molecule has 0 atom stereocenters. The minimum atomic E-state index is 0.629. The highest BCUT2D eigenvalue weighted by atomic mass is 16.5. The Morgan fingerprint density at radius 1 is 1.25 bits per heavy atom. The van der Waals surface area contributed by atoms with Crippen molar-refractivity contribution < 1.29 is 9.47 Å². The standard InChI is InChI=1S/C10H14O2/c1-11-8-9-12-10-6-4-2-3-5-7-10/h2-6H,7-9H2,1H3. The van der Waals surface area contributed by atoms with Crippen LogP contribution in [0.1, 0.15) is 6.42 Å². The fourth-order valence-corrected chi connectivity index (χ4v) is 0.921. The molecule has 12 heavy (non-hydrogen) atoms. The molecule has 0 aromatic carbocycles. The Balaban J connectivity index is 2.26. The van der Waals surface area contributed by atoms with Gasteiger partial charge in [-0.05, 0) is 6.08 Å². The van der Waals surface area contributed by atoms with Gasteiger partial charge in [0, 0.05) is 13.5 Å². The van der Waals surface area contributed by atoms with E-state index in [-0.39, 0.29) is 0 Å². The predicted molar refractivity (Wildman–Crippen MR) is 48.8 cm³/mol. The predicted octanol–water partition coefficient (Wildman–Crippen LogP) is 2.05. The zero-order chi connectivity index (χ0) is 8.65. The van der Waals surface area contributed by atoms with Crippen molar-refractivity contribution in [2.75, 3.05) is 20.3 Å². The highest BCUT2D eigenvalue weighted by Gasteiger charge is 1.95. The molecule has 0 aliphatic heterocycles. The maximum Gasteiger partial charge on any atom is 0.111 e. The summed E-state index contributed by atoms with van der Waals surface area (Å²) in [7, 11) is 1.67. The molecule has 0 spiro atoms. The summed E-state index contributed by atoms with van der Waals surface area (Å²) in [5.74, 6) is 0.997. The highest BCUT2D eigenvalue weighted by Crippen LogP contribution is 2.07. The maximum atomic E-state index is 5.44. The van der Waals surface area contributed by atoms with Crippen LogP contribution in [0.2, 0.25) is 0 Å². The monoisotopic (exact) mass is 166 g/mol. The van der Waals surface area contributed by atoms with Crippen molar-refractivity contribution in [3.8, 4) is 0 Å². The Labute approximate surface area is 73.2 Å². The van der Waals surface area contributed by atoms with Crippen LogP contribution in [0.25, 0.3) is 0 Å². The first-order chi connectivity index (χ1) is 5.93. The van der Waals surface area contributed by atoms with Gasteiger partial charge >= 0.3 is 0 Å². The quantitative estimate of drug-likeness (QED) is 0.595.